The average molecular weight is 396 g/mol. The maximum absolute atomic E-state index is 12.6. The summed E-state index contributed by atoms with van der Waals surface area (Å²) in [6.45, 7) is 3.83. The van der Waals surface area contributed by atoms with Crippen LogP contribution >= 0.6 is 11.3 Å². The molecule has 1 N–H and O–H groups in total. The first-order valence-corrected chi connectivity index (χ1v) is 10.6. The predicted molar refractivity (Wildman–Crippen MR) is 97.6 cm³/mol. The van der Waals surface area contributed by atoms with E-state index >= 15 is 0 Å². The molecule has 2 heterocycles. The summed E-state index contributed by atoms with van der Waals surface area (Å²) in [5.41, 5.74) is 0.256. The number of carbonyl (C=O) groups excluding carboxylic acids is 1. The zero-order valence-corrected chi connectivity index (χ0v) is 16.0. The van der Waals surface area contributed by atoms with Gasteiger partial charge in [0, 0.05) is 25.3 Å². The molecule has 1 amide bonds. The molecule has 26 heavy (non-hydrogen) atoms. The molecule has 1 aliphatic heterocycles. The third-order valence-electron chi connectivity index (χ3n) is 3.92. The topological polar surface area (TPSA) is 101 Å². The summed E-state index contributed by atoms with van der Waals surface area (Å²) in [6, 6.07) is 6.04. The minimum atomic E-state index is -3.56. The zero-order chi connectivity index (χ0) is 18.6. The fourth-order valence-corrected chi connectivity index (χ4v) is 4.83. The van der Waals surface area contributed by atoms with Crippen molar-refractivity contribution in [3.05, 3.63) is 34.8 Å². The number of rotatable bonds is 7. The van der Waals surface area contributed by atoms with Crippen LogP contribution in [0.3, 0.4) is 0 Å². The van der Waals surface area contributed by atoms with Crippen molar-refractivity contribution in [1.29, 1.82) is 0 Å². The van der Waals surface area contributed by atoms with Gasteiger partial charge in [0.1, 0.15) is 11.6 Å². The van der Waals surface area contributed by atoms with Crippen LogP contribution in [0, 0.1) is 0 Å². The number of benzene rings is 1. The fourth-order valence-electron chi connectivity index (χ4n) is 2.60. The van der Waals surface area contributed by atoms with E-state index in [1.54, 1.807) is 12.1 Å². The Morgan fingerprint density at radius 1 is 1.31 bits per heavy atom. The third-order valence-corrected chi connectivity index (χ3v) is 6.62. The lowest BCUT2D eigenvalue weighted by Gasteiger charge is -2.15. The van der Waals surface area contributed by atoms with Crippen LogP contribution in [0.25, 0.3) is 0 Å². The molecule has 1 saturated heterocycles. The molecule has 0 unspecified atom stereocenters. The van der Waals surface area contributed by atoms with E-state index in [0.717, 1.165) is 12.8 Å². The summed E-state index contributed by atoms with van der Waals surface area (Å²) in [5.74, 6) is -0.428. The van der Waals surface area contributed by atoms with E-state index in [4.69, 9.17) is 4.74 Å². The molecule has 2 aromatic rings. The van der Waals surface area contributed by atoms with Gasteiger partial charge in [-0.15, -0.1) is 10.2 Å². The molecule has 0 aliphatic carbocycles. The number of nitrogens with zero attached hydrogens (tertiary/aromatic N) is 3. The molecule has 140 valence electrons. The van der Waals surface area contributed by atoms with Crippen LogP contribution in [0.1, 0.15) is 35.1 Å². The molecule has 0 spiro atoms. The number of nitrogens with one attached hydrogen (secondary N) is 1. The Hall–Kier alpha value is -1.88. The lowest BCUT2D eigenvalue weighted by atomic mass is 10.2. The van der Waals surface area contributed by atoms with Crippen LogP contribution in [0.5, 0.6) is 0 Å². The van der Waals surface area contributed by atoms with E-state index in [1.807, 2.05) is 6.92 Å². The molecule has 1 aromatic heterocycles. The summed E-state index contributed by atoms with van der Waals surface area (Å²) < 4.78 is 32.0. The fraction of sp³-hybridized carbons (Fsp3) is 0.438. The van der Waals surface area contributed by atoms with Crippen LogP contribution in [-0.2, 0) is 21.4 Å². The quantitative estimate of drug-likeness (QED) is 0.769. The summed E-state index contributed by atoms with van der Waals surface area (Å²) in [7, 11) is -3.56. The average Bonchev–Trinajstić information content (AvgIpc) is 3.32. The third kappa shape index (κ3) is 4.26. The van der Waals surface area contributed by atoms with Crippen molar-refractivity contribution in [3.8, 4) is 0 Å². The number of sulfonamides is 1. The van der Waals surface area contributed by atoms with Gasteiger partial charge < -0.3 is 4.74 Å². The Morgan fingerprint density at radius 3 is 2.81 bits per heavy atom. The van der Waals surface area contributed by atoms with Gasteiger partial charge in [-0.1, -0.05) is 17.4 Å². The first kappa shape index (κ1) is 18.9. The van der Waals surface area contributed by atoms with E-state index in [9.17, 15) is 13.2 Å². The number of ether oxygens (including phenoxy) is 1. The van der Waals surface area contributed by atoms with Crippen molar-refractivity contribution in [2.24, 2.45) is 0 Å². The van der Waals surface area contributed by atoms with Crippen molar-refractivity contribution in [2.45, 2.75) is 31.3 Å². The van der Waals surface area contributed by atoms with Gasteiger partial charge >= 0.3 is 0 Å². The zero-order valence-electron chi connectivity index (χ0n) is 14.3. The highest BCUT2D eigenvalue weighted by molar-refractivity contribution is 7.89. The number of amides is 1. The minimum Gasteiger partial charge on any atom is -0.374 e. The Bertz CT molecular complexity index is 876. The molecule has 3 rings (SSSR count). The molecular formula is C16H20N4O4S2. The summed E-state index contributed by atoms with van der Waals surface area (Å²) >= 11 is 1.22. The van der Waals surface area contributed by atoms with Crippen LogP contribution in [0.15, 0.2) is 29.2 Å². The smallest absolute Gasteiger partial charge is 0.257 e. The Morgan fingerprint density at radius 2 is 2.08 bits per heavy atom. The summed E-state index contributed by atoms with van der Waals surface area (Å²) in [5, 5.41) is 11.5. The van der Waals surface area contributed by atoms with E-state index in [0.29, 0.717) is 36.4 Å². The first-order chi connectivity index (χ1) is 12.5. The lowest BCUT2D eigenvalue weighted by Crippen LogP contribution is -2.28. The number of hydrogen-bond acceptors (Lipinski definition) is 7. The van der Waals surface area contributed by atoms with Crippen LogP contribution in [0.2, 0.25) is 0 Å². The summed E-state index contributed by atoms with van der Waals surface area (Å²) in [4.78, 5) is 12.6. The van der Waals surface area contributed by atoms with Crippen molar-refractivity contribution in [3.63, 3.8) is 0 Å². The van der Waals surface area contributed by atoms with E-state index in [1.165, 1.54) is 27.8 Å². The van der Waals surface area contributed by atoms with Gasteiger partial charge in [0.15, 0.2) is 0 Å². The number of anilines is 1. The number of hydrogen-bond donors (Lipinski definition) is 1. The lowest BCUT2D eigenvalue weighted by molar-refractivity contribution is 0.102. The second-order valence-electron chi connectivity index (χ2n) is 5.73. The number of carbonyl (C=O) groups is 1. The number of aromatic nitrogens is 2. The largest absolute Gasteiger partial charge is 0.374 e. The van der Waals surface area contributed by atoms with Crippen molar-refractivity contribution < 1.29 is 17.9 Å². The minimum absolute atomic E-state index is 0.126. The second-order valence-corrected chi connectivity index (χ2v) is 8.73. The van der Waals surface area contributed by atoms with Crippen LogP contribution in [0.4, 0.5) is 5.13 Å². The standard InChI is InChI=1S/C16H20N4O4S2/c1-2-24-11-14-18-19-16(25-14)17-15(21)12-6-5-7-13(10-12)26(22,23)20-8-3-4-9-20/h5-7,10H,2-4,8-9,11H2,1H3,(H,17,19,21). The second kappa shape index (κ2) is 8.21. The van der Waals surface area contributed by atoms with E-state index < -0.39 is 15.9 Å². The molecule has 8 nitrogen and oxygen atoms in total. The van der Waals surface area contributed by atoms with Crippen LogP contribution in [-0.4, -0.2) is 48.5 Å². The van der Waals surface area contributed by atoms with Gasteiger partial charge in [0.05, 0.1) is 4.90 Å². The van der Waals surface area contributed by atoms with E-state index in [-0.39, 0.29) is 10.5 Å². The van der Waals surface area contributed by atoms with Crippen molar-refractivity contribution >= 4 is 32.4 Å². The monoisotopic (exact) mass is 396 g/mol. The Kier molecular flexibility index (Phi) is 5.97. The van der Waals surface area contributed by atoms with Gasteiger partial charge in [0.2, 0.25) is 15.2 Å². The highest BCUT2D eigenvalue weighted by atomic mass is 32.2. The molecule has 0 bridgehead atoms. The predicted octanol–water partition coefficient (Wildman–Crippen LogP) is 2.11. The normalized spacial score (nSPS) is 15.3. The SMILES string of the molecule is CCOCc1nnc(NC(=O)c2cccc(S(=O)(=O)N3CCCC3)c2)s1. The van der Waals surface area contributed by atoms with Gasteiger partial charge in [-0.3, -0.25) is 10.1 Å². The van der Waals surface area contributed by atoms with Gasteiger partial charge in [-0.2, -0.15) is 4.31 Å². The molecule has 1 aromatic carbocycles. The van der Waals surface area contributed by atoms with Gasteiger partial charge in [-0.25, -0.2) is 8.42 Å². The highest BCUT2D eigenvalue weighted by Crippen LogP contribution is 2.22. The molecule has 0 radical (unpaired) electrons. The van der Waals surface area contributed by atoms with Crippen molar-refractivity contribution in [2.75, 3.05) is 25.0 Å². The molecule has 1 aliphatic rings. The molecule has 10 heteroatoms. The Balaban J connectivity index is 1.73. The van der Waals surface area contributed by atoms with Crippen LogP contribution < -0.4 is 5.32 Å². The Labute approximate surface area is 156 Å². The molecular weight excluding hydrogens is 376 g/mol. The molecule has 0 atom stereocenters. The first-order valence-electron chi connectivity index (χ1n) is 8.32. The van der Waals surface area contributed by atoms with Gasteiger partial charge in [0.25, 0.3) is 5.91 Å². The molecule has 1 fully saturated rings. The maximum atomic E-state index is 12.6. The highest BCUT2D eigenvalue weighted by Gasteiger charge is 2.27. The molecule has 0 saturated carbocycles. The summed E-state index contributed by atoms with van der Waals surface area (Å²) in [6.07, 6.45) is 1.72. The van der Waals surface area contributed by atoms with Crippen molar-refractivity contribution in [1.82, 2.24) is 14.5 Å². The maximum Gasteiger partial charge on any atom is 0.257 e. The van der Waals surface area contributed by atoms with Gasteiger partial charge in [-0.05, 0) is 38.0 Å². The van der Waals surface area contributed by atoms with E-state index in [2.05, 4.69) is 15.5 Å².